The van der Waals surface area contributed by atoms with Crippen molar-refractivity contribution < 1.29 is 0 Å². The predicted molar refractivity (Wildman–Crippen MR) is 81.5 cm³/mol. The molecule has 2 heterocycles. The van der Waals surface area contributed by atoms with Crippen molar-refractivity contribution in [1.82, 2.24) is 15.0 Å². The van der Waals surface area contributed by atoms with E-state index in [0.29, 0.717) is 11.0 Å². The van der Waals surface area contributed by atoms with Crippen molar-refractivity contribution in [3.63, 3.8) is 0 Å². The van der Waals surface area contributed by atoms with Gasteiger partial charge in [-0.3, -0.25) is 4.98 Å². The summed E-state index contributed by atoms with van der Waals surface area (Å²) in [5, 5.41) is 0.445. The zero-order valence-corrected chi connectivity index (χ0v) is 13.7. The van der Waals surface area contributed by atoms with Gasteiger partial charge in [-0.05, 0) is 47.8 Å². The van der Waals surface area contributed by atoms with Crippen LogP contribution in [0.15, 0.2) is 16.6 Å². The van der Waals surface area contributed by atoms with Crippen LogP contribution in [0, 0.1) is 13.8 Å². The number of aromatic nitrogens is 3. The van der Waals surface area contributed by atoms with Crippen LogP contribution in [0.2, 0.25) is 5.15 Å². The summed E-state index contributed by atoms with van der Waals surface area (Å²) in [6, 6.07) is 3.94. The second-order valence-corrected chi connectivity index (χ2v) is 5.98. The Bertz CT molecular complexity index is 606. The highest BCUT2D eigenvalue weighted by Crippen LogP contribution is 2.31. The molecule has 0 saturated heterocycles. The minimum Gasteiger partial charge on any atom is -0.258 e. The third-order valence-electron chi connectivity index (χ3n) is 2.72. The van der Waals surface area contributed by atoms with Gasteiger partial charge in [-0.15, -0.1) is 0 Å². The van der Waals surface area contributed by atoms with E-state index in [4.69, 9.17) is 11.6 Å². The molecule has 0 unspecified atom stereocenters. The van der Waals surface area contributed by atoms with Crippen LogP contribution in [0.4, 0.5) is 0 Å². The fourth-order valence-corrected chi connectivity index (χ4v) is 2.72. The highest BCUT2D eigenvalue weighted by atomic mass is 79.9. The smallest absolute Gasteiger partial charge is 0.161 e. The number of hydrogen-bond acceptors (Lipinski definition) is 3. The molecule has 0 aliphatic carbocycles. The molecule has 2 rings (SSSR count). The molecule has 19 heavy (non-hydrogen) atoms. The molecule has 2 aromatic heterocycles. The van der Waals surface area contributed by atoms with Crippen molar-refractivity contribution in [3.05, 3.63) is 38.8 Å². The standard InChI is InChI=1S/C14H15BrClN3/c1-7(2)12-11(15)13(16)19-14(18-12)10-5-8(3)17-9(4)6-10/h5-7H,1-4H3. The van der Waals surface area contributed by atoms with Gasteiger partial charge in [0.2, 0.25) is 0 Å². The van der Waals surface area contributed by atoms with Crippen LogP contribution in [-0.2, 0) is 0 Å². The van der Waals surface area contributed by atoms with Crippen molar-refractivity contribution in [2.45, 2.75) is 33.6 Å². The molecule has 0 atom stereocenters. The maximum atomic E-state index is 6.18. The molecule has 0 bridgehead atoms. The van der Waals surface area contributed by atoms with Crippen LogP contribution >= 0.6 is 27.5 Å². The molecule has 0 N–H and O–H groups in total. The molecule has 100 valence electrons. The zero-order chi connectivity index (χ0) is 14.2. The maximum absolute atomic E-state index is 6.18. The fraction of sp³-hybridized carbons (Fsp3) is 0.357. The summed E-state index contributed by atoms with van der Waals surface area (Å²) in [4.78, 5) is 13.3. The van der Waals surface area contributed by atoms with Crippen LogP contribution < -0.4 is 0 Å². The Morgan fingerprint density at radius 2 is 1.63 bits per heavy atom. The number of pyridine rings is 1. The van der Waals surface area contributed by atoms with Crippen LogP contribution in [0.1, 0.15) is 36.8 Å². The first kappa shape index (κ1) is 14.4. The van der Waals surface area contributed by atoms with Gasteiger partial charge in [0, 0.05) is 17.0 Å². The van der Waals surface area contributed by atoms with Gasteiger partial charge in [0.05, 0.1) is 10.2 Å². The monoisotopic (exact) mass is 339 g/mol. The summed E-state index contributed by atoms with van der Waals surface area (Å²) in [7, 11) is 0. The van der Waals surface area contributed by atoms with E-state index in [0.717, 1.165) is 27.1 Å². The molecular formula is C14H15BrClN3. The molecular weight excluding hydrogens is 326 g/mol. The number of halogens is 2. The molecule has 5 heteroatoms. The number of nitrogens with zero attached hydrogens (tertiary/aromatic N) is 3. The molecule has 3 nitrogen and oxygen atoms in total. The quantitative estimate of drug-likeness (QED) is 0.744. The molecule has 0 aliphatic heterocycles. The summed E-state index contributed by atoms with van der Waals surface area (Å²) in [6.07, 6.45) is 0. The van der Waals surface area contributed by atoms with Gasteiger partial charge in [-0.1, -0.05) is 25.4 Å². The van der Waals surface area contributed by atoms with Crippen molar-refractivity contribution in [1.29, 1.82) is 0 Å². The Balaban J connectivity index is 2.62. The van der Waals surface area contributed by atoms with Gasteiger partial charge in [-0.2, -0.15) is 0 Å². The maximum Gasteiger partial charge on any atom is 0.161 e. The van der Waals surface area contributed by atoms with Gasteiger partial charge >= 0.3 is 0 Å². The van der Waals surface area contributed by atoms with Crippen LogP contribution in [0.5, 0.6) is 0 Å². The molecule has 0 aromatic carbocycles. The molecule has 0 spiro atoms. The number of aryl methyl sites for hydroxylation is 2. The molecule has 0 saturated carbocycles. The third-order valence-corrected chi connectivity index (χ3v) is 4.01. The lowest BCUT2D eigenvalue weighted by molar-refractivity contribution is 0.809. The Morgan fingerprint density at radius 1 is 1.05 bits per heavy atom. The largest absolute Gasteiger partial charge is 0.258 e. The van der Waals surface area contributed by atoms with Crippen molar-refractivity contribution in [2.24, 2.45) is 0 Å². The Kier molecular flexibility index (Phi) is 4.21. The van der Waals surface area contributed by atoms with Crippen LogP contribution in [0.3, 0.4) is 0 Å². The SMILES string of the molecule is Cc1cc(-c2nc(Cl)c(Br)c(C(C)C)n2)cc(C)n1. The molecule has 0 fully saturated rings. The van der Waals surface area contributed by atoms with Crippen LogP contribution in [-0.4, -0.2) is 15.0 Å². The topological polar surface area (TPSA) is 38.7 Å². The normalized spacial score (nSPS) is 11.1. The summed E-state index contributed by atoms with van der Waals surface area (Å²) in [5.74, 6) is 0.920. The van der Waals surface area contributed by atoms with Gasteiger partial charge in [0.25, 0.3) is 0 Å². The average molecular weight is 341 g/mol. The van der Waals surface area contributed by atoms with E-state index in [1.165, 1.54) is 0 Å². The number of hydrogen-bond donors (Lipinski definition) is 0. The second-order valence-electron chi connectivity index (χ2n) is 4.83. The zero-order valence-electron chi connectivity index (χ0n) is 11.3. The van der Waals surface area contributed by atoms with Crippen LogP contribution in [0.25, 0.3) is 11.4 Å². The summed E-state index contributed by atoms with van der Waals surface area (Å²) < 4.78 is 0.774. The van der Waals surface area contributed by atoms with E-state index in [1.54, 1.807) is 0 Å². The molecule has 0 amide bonds. The first-order chi connectivity index (χ1) is 8.88. The highest BCUT2D eigenvalue weighted by molar-refractivity contribution is 9.10. The van der Waals surface area contributed by atoms with Gasteiger partial charge in [-0.25, -0.2) is 9.97 Å². The van der Waals surface area contributed by atoms with E-state index in [-0.39, 0.29) is 5.92 Å². The minimum atomic E-state index is 0.276. The second kappa shape index (κ2) is 5.55. The van der Waals surface area contributed by atoms with Crippen molar-refractivity contribution in [2.75, 3.05) is 0 Å². The summed E-state index contributed by atoms with van der Waals surface area (Å²) >= 11 is 9.63. The number of rotatable bonds is 2. The first-order valence-corrected chi connectivity index (χ1v) is 7.24. The van der Waals surface area contributed by atoms with E-state index < -0.39 is 0 Å². The van der Waals surface area contributed by atoms with Gasteiger partial charge < -0.3 is 0 Å². The summed E-state index contributed by atoms with van der Waals surface area (Å²) in [5.41, 5.74) is 3.76. The Hall–Kier alpha value is -1.00. The lowest BCUT2D eigenvalue weighted by atomic mass is 10.1. The lowest BCUT2D eigenvalue weighted by Crippen LogP contribution is -2.01. The van der Waals surface area contributed by atoms with Crippen molar-refractivity contribution >= 4 is 27.5 Å². The van der Waals surface area contributed by atoms with E-state index in [2.05, 4.69) is 44.7 Å². The predicted octanol–water partition coefficient (Wildman–Crippen LogP) is 4.69. The molecule has 2 aromatic rings. The van der Waals surface area contributed by atoms with Crippen molar-refractivity contribution in [3.8, 4) is 11.4 Å². The van der Waals surface area contributed by atoms with E-state index in [9.17, 15) is 0 Å². The van der Waals surface area contributed by atoms with Gasteiger partial charge in [0.15, 0.2) is 5.82 Å². The molecule has 0 radical (unpaired) electrons. The van der Waals surface area contributed by atoms with E-state index in [1.807, 2.05) is 26.0 Å². The lowest BCUT2D eigenvalue weighted by Gasteiger charge is -2.11. The summed E-state index contributed by atoms with van der Waals surface area (Å²) in [6.45, 7) is 8.08. The third kappa shape index (κ3) is 3.12. The minimum absolute atomic E-state index is 0.276. The van der Waals surface area contributed by atoms with Gasteiger partial charge in [0.1, 0.15) is 5.15 Å². The molecule has 0 aliphatic rings. The first-order valence-electron chi connectivity index (χ1n) is 6.07. The highest BCUT2D eigenvalue weighted by Gasteiger charge is 2.15. The van der Waals surface area contributed by atoms with E-state index >= 15 is 0 Å². The fourth-order valence-electron chi connectivity index (χ4n) is 1.91. The average Bonchev–Trinajstić information content (AvgIpc) is 2.30. The Morgan fingerprint density at radius 3 is 2.16 bits per heavy atom. The Labute approximate surface area is 126 Å².